The van der Waals surface area contributed by atoms with Crippen molar-refractivity contribution < 1.29 is 9.59 Å². The smallest absolute Gasteiger partial charge is 0.255 e. The van der Waals surface area contributed by atoms with Crippen molar-refractivity contribution in [2.75, 3.05) is 26.2 Å². The summed E-state index contributed by atoms with van der Waals surface area (Å²) in [7, 11) is 1.98. The van der Waals surface area contributed by atoms with Gasteiger partial charge in [-0.2, -0.15) is 0 Å². The first-order valence-corrected chi connectivity index (χ1v) is 8.04. The van der Waals surface area contributed by atoms with Gasteiger partial charge in [-0.15, -0.1) is 0 Å². The molecule has 1 aliphatic rings. The summed E-state index contributed by atoms with van der Waals surface area (Å²) in [5.41, 5.74) is 2.87. The van der Waals surface area contributed by atoms with Gasteiger partial charge in [0, 0.05) is 50.5 Å². The van der Waals surface area contributed by atoms with Crippen LogP contribution in [0.4, 0.5) is 0 Å². The maximum absolute atomic E-state index is 12.8. The number of hydrogen-bond acceptors (Lipinski definition) is 2. The molecule has 0 unspecified atom stereocenters. The molecular weight excluding hydrogens is 278 g/mol. The number of carbonyl (C=O) groups excluding carboxylic acids is 2. The number of carbonyl (C=O) groups is 2. The predicted molar refractivity (Wildman–Crippen MR) is 86.8 cm³/mol. The molecule has 1 fully saturated rings. The van der Waals surface area contributed by atoms with E-state index >= 15 is 0 Å². The zero-order chi connectivity index (χ0) is 16.4. The van der Waals surface area contributed by atoms with Crippen LogP contribution in [0.3, 0.4) is 0 Å². The van der Waals surface area contributed by atoms with Crippen molar-refractivity contribution in [3.8, 4) is 0 Å². The summed E-state index contributed by atoms with van der Waals surface area (Å²) in [6.07, 6.45) is 0.842. The van der Waals surface area contributed by atoms with Gasteiger partial charge in [-0.05, 0) is 26.3 Å². The summed E-state index contributed by atoms with van der Waals surface area (Å²) in [6, 6.07) is 1.96. The molecule has 5 heteroatoms. The van der Waals surface area contributed by atoms with E-state index in [1.807, 2.05) is 55.2 Å². The molecule has 0 aromatic carbocycles. The van der Waals surface area contributed by atoms with Gasteiger partial charge in [0.2, 0.25) is 5.91 Å². The Balaban J connectivity index is 2.09. The van der Waals surface area contributed by atoms with Crippen LogP contribution in [0, 0.1) is 19.8 Å². The molecule has 22 heavy (non-hydrogen) atoms. The Morgan fingerprint density at radius 1 is 1.05 bits per heavy atom. The van der Waals surface area contributed by atoms with Gasteiger partial charge >= 0.3 is 0 Å². The first kappa shape index (κ1) is 16.6. The summed E-state index contributed by atoms with van der Waals surface area (Å²) in [5, 5.41) is 0. The molecule has 0 bridgehead atoms. The molecule has 0 spiro atoms. The lowest BCUT2D eigenvalue weighted by Gasteiger charge is -2.23. The fourth-order valence-electron chi connectivity index (χ4n) is 2.95. The van der Waals surface area contributed by atoms with Crippen molar-refractivity contribution in [3.05, 3.63) is 23.0 Å². The maximum Gasteiger partial charge on any atom is 0.255 e. The van der Waals surface area contributed by atoms with E-state index < -0.39 is 0 Å². The van der Waals surface area contributed by atoms with Gasteiger partial charge in [-0.3, -0.25) is 9.59 Å². The molecule has 0 atom stereocenters. The fraction of sp³-hybridized carbons (Fsp3) is 0.647. The normalized spacial score (nSPS) is 16.1. The van der Waals surface area contributed by atoms with Crippen LogP contribution in [0.1, 0.15) is 42.0 Å². The molecular formula is C17H27N3O2. The average molecular weight is 305 g/mol. The molecule has 1 aromatic rings. The molecule has 0 radical (unpaired) electrons. The second-order valence-corrected chi connectivity index (χ2v) is 6.47. The Hall–Kier alpha value is -1.78. The van der Waals surface area contributed by atoms with E-state index in [0.29, 0.717) is 19.6 Å². The van der Waals surface area contributed by atoms with Gasteiger partial charge in [-0.1, -0.05) is 13.8 Å². The lowest BCUT2D eigenvalue weighted by molar-refractivity contribution is -0.134. The summed E-state index contributed by atoms with van der Waals surface area (Å²) in [5.74, 6) is 0.280. The van der Waals surface area contributed by atoms with E-state index in [1.165, 1.54) is 0 Å². The molecule has 0 saturated carbocycles. The highest BCUT2D eigenvalue weighted by Crippen LogP contribution is 2.17. The first-order chi connectivity index (χ1) is 10.3. The van der Waals surface area contributed by atoms with Crippen molar-refractivity contribution in [2.24, 2.45) is 13.0 Å². The average Bonchev–Trinajstić information content (AvgIpc) is 2.70. The molecule has 1 aromatic heterocycles. The Labute approximate surface area is 132 Å². The lowest BCUT2D eigenvalue weighted by atomic mass is 10.2. The zero-order valence-corrected chi connectivity index (χ0v) is 14.3. The van der Waals surface area contributed by atoms with Gasteiger partial charge in [0.25, 0.3) is 5.91 Å². The van der Waals surface area contributed by atoms with Gasteiger partial charge in [0.1, 0.15) is 0 Å². The third kappa shape index (κ3) is 3.18. The molecule has 1 aliphatic heterocycles. The van der Waals surface area contributed by atoms with Crippen molar-refractivity contribution in [2.45, 2.75) is 34.1 Å². The Kier molecular flexibility index (Phi) is 4.94. The highest BCUT2D eigenvalue weighted by Gasteiger charge is 2.25. The van der Waals surface area contributed by atoms with Crippen LogP contribution in [0.15, 0.2) is 6.07 Å². The largest absolute Gasteiger partial charge is 0.351 e. The van der Waals surface area contributed by atoms with E-state index in [4.69, 9.17) is 0 Å². The third-order valence-electron chi connectivity index (χ3n) is 4.59. The van der Waals surface area contributed by atoms with Crippen LogP contribution in [0.25, 0.3) is 0 Å². The SMILES string of the molecule is Cc1cc(C(=O)N2CCCN(C(=O)C(C)C)CC2)c(C)n1C. The van der Waals surface area contributed by atoms with Crippen molar-refractivity contribution >= 4 is 11.8 Å². The van der Waals surface area contributed by atoms with E-state index in [-0.39, 0.29) is 17.7 Å². The number of amides is 2. The highest BCUT2D eigenvalue weighted by molar-refractivity contribution is 5.95. The minimum atomic E-state index is 0.0151. The van der Waals surface area contributed by atoms with Crippen LogP contribution in [-0.4, -0.2) is 52.4 Å². The monoisotopic (exact) mass is 305 g/mol. The molecule has 122 valence electrons. The zero-order valence-electron chi connectivity index (χ0n) is 14.3. The molecule has 5 nitrogen and oxygen atoms in total. The first-order valence-electron chi connectivity index (χ1n) is 8.04. The van der Waals surface area contributed by atoms with E-state index in [0.717, 1.165) is 29.9 Å². The molecule has 0 aliphatic carbocycles. The van der Waals surface area contributed by atoms with Crippen molar-refractivity contribution in [3.63, 3.8) is 0 Å². The third-order valence-corrected chi connectivity index (χ3v) is 4.59. The predicted octanol–water partition coefficient (Wildman–Crippen LogP) is 1.97. The minimum Gasteiger partial charge on any atom is -0.351 e. The Morgan fingerprint density at radius 2 is 1.64 bits per heavy atom. The fourth-order valence-corrected chi connectivity index (χ4v) is 2.95. The second-order valence-electron chi connectivity index (χ2n) is 6.47. The molecule has 0 N–H and O–H groups in total. The van der Waals surface area contributed by atoms with Crippen LogP contribution in [-0.2, 0) is 11.8 Å². The summed E-state index contributed by atoms with van der Waals surface area (Å²) < 4.78 is 2.04. The van der Waals surface area contributed by atoms with E-state index in [1.54, 1.807) is 0 Å². The second kappa shape index (κ2) is 6.55. The van der Waals surface area contributed by atoms with E-state index in [2.05, 4.69) is 0 Å². The molecule has 2 rings (SSSR count). The van der Waals surface area contributed by atoms with Gasteiger partial charge < -0.3 is 14.4 Å². The van der Waals surface area contributed by atoms with Crippen molar-refractivity contribution in [1.82, 2.24) is 14.4 Å². The standard InChI is InChI=1S/C17H27N3O2/c1-12(2)16(21)19-7-6-8-20(10-9-19)17(22)15-11-13(3)18(5)14(15)4/h11-12H,6-10H2,1-5H3. The molecule has 2 amide bonds. The number of hydrogen-bond donors (Lipinski definition) is 0. The number of rotatable bonds is 2. The van der Waals surface area contributed by atoms with Crippen LogP contribution in [0.2, 0.25) is 0 Å². The highest BCUT2D eigenvalue weighted by atomic mass is 16.2. The van der Waals surface area contributed by atoms with E-state index in [9.17, 15) is 9.59 Å². The van der Waals surface area contributed by atoms with Gasteiger partial charge in [0.15, 0.2) is 0 Å². The van der Waals surface area contributed by atoms with Gasteiger partial charge in [0.05, 0.1) is 5.56 Å². The van der Waals surface area contributed by atoms with Crippen molar-refractivity contribution in [1.29, 1.82) is 0 Å². The van der Waals surface area contributed by atoms with Gasteiger partial charge in [-0.25, -0.2) is 0 Å². The van der Waals surface area contributed by atoms with Crippen LogP contribution >= 0.6 is 0 Å². The number of aryl methyl sites for hydroxylation is 1. The summed E-state index contributed by atoms with van der Waals surface area (Å²) in [6.45, 7) is 10.5. The number of nitrogens with zero attached hydrogens (tertiary/aromatic N) is 3. The maximum atomic E-state index is 12.8. The number of aromatic nitrogens is 1. The van der Waals surface area contributed by atoms with Crippen LogP contribution < -0.4 is 0 Å². The summed E-state index contributed by atoms with van der Waals surface area (Å²) in [4.78, 5) is 28.7. The lowest BCUT2D eigenvalue weighted by Crippen LogP contribution is -2.39. The molecule has 2 heterocycles. The summed E-state index contributed by atoms with van der Waals surface area (Å²) >= 11 is 0. The van der Waals surface area contributed by atoms with Crippen LogP contribution in [0.5, 0.6) is 0 Å². The quantitative estimate of drug-likeness (QED) is 0.838. The minimum absolute atomic E-state index is 0.0151. The Bertz CT molecular complexity index is 575. The molecule has 1 saturated heterocycles. The Morgan fingerprint density at radius 3 is 2.18 bits per heavy atom. The topological polar surface area (TPSA) is 45.6 Å².